The Hall–Kier alpha value is -1.78. The first-order valence-electron chi connectivity index (χ1n) is 4.44. The van der Waals surface area contributed by atoms with E-state index in [9.17, 15) is 19.3 Å². The van der Waals surface area contributed by atoms with Gasteiger partial charge in [-0.05, 0) is 17.7 Å². The Labute approximate surface area is 85.9 Å². The van der Waals surface area contributed by atoms with Crippen LogP contribution >= 0.6 is 0 Å². The highest BCUT2D eigenvalue weighted by atomic mass is 19.1. The van der Waals surface area contributed by atoms with Crippen molar-refractivity contribution in [3.05, 3.63) is 45.8 Å². The third kappa shape index (κ3) is 3.46. The summed E-state index contributed by atoms with van der Waals surface area (Å²) in [6.07, 6.45) is 0.712. The lowest BCUT2D eigenvalue weighted by atomic mass is 9.96. The first kappa shape index (κ1) is 11.3. The molecule has 1 atom stereocenters. The van der Waals surface area contributed by atoms with Crippen LogP contribution in [0.1, 0.15) is 17.9 Å². The van der Waals surface area contributed by atoms with E-state index in [1.807, 2.05) is 0 Å². The van der Waals surface area contributed by atoms with E-state index in [2.05, 4.69) is 0 Å². The molecule has 0 saturated heterocycles. The van der Waals surface area contributed by atoms with Crippen LogP contribution in [0.25, 0.3) is 0 Å². The van der Waals surface area contributed by atoms with Crippen LogP contribution in [-0.4, -0.2) is 17.8 Å². The third-order valence-corrected chi connectivity index (χ3v) is 2.09. The zero-order valence-corrected chi connectivity index (χ0v) is 7.93. The number of carbonyl (C=O) groups is 1. The zero-order chi connectivity index (χ0) is 11.3. The SMILES string of the molecule is O=CCC(C[N+](=O)[O-])c1ccc(F)cc1. The molecule has 5 heteroatoms. The van der Waals surface area contributed by atoms with Gasteiger partial charge in [0.1, 0.15) is 12.1 Å². The number of halogens is 1. The van der Waals surface area contributed by atoms with Gasteiger partial charge in [0.25, 0.3) is 0 Å². The van der Waals surface area contributed by atoms with Gasteiger partial charge in [0.2, 0.25) is 6.54 Å². The Kier molecular flexibility index (Phi) is 3.91. The standard InChI is InChI=1S/C10H10FNO3/c11-10-3-1-8(2-4-10)9(5-6-13)7-12(14)15/h1-4,6,9H,5,7H2. The van der Waals surface area contributed by atoms with Crippen LogP contribution in [0, 0.1) is 15.9 Å². The Morgan fingerprint density at radius 1 is 1.40 bits per heavy atom. The minimum absolute atomic E-state index is 0.0760. The molecule has 1 rings (SSSR count). The fourth-order valence-corrected chi connectivity index (χ4v) is 1.35. The molecular formula is C10H10FNO3. The lowest BCUT2D eigenvalue weighted by molar-refractivity contribution is -0.483. The van der Waals surface area contributed by atoms with Crippen LogP contribution in [0.4, 0.5) is 4.39 Å². The summed E-state index contributed by atoms with van der Waals surface area (Å²) < 4.78 is 12.6. The molecule has 1 aromatic rings. The average Bonchev–Trinajstić information content (AvgIpc) is 2.17. The van der Waals surface area contributed by atoms with Crippen molar-refractivity contribution >= 4 is 6.29 Å². The molecular weight excluding hydrogens is 201 g/mol. The lowest BCUT2D eigenvalue weighted by Crippen LogP contribution is -2.13. The first-order valence-corrected chi connectivity index (χ1v) is 4.44. The quantitative estimate of drug-likeness (QED) is 0.423. The molecule has 0 amide bonds. The molecule has 4 nitrogen and oxygen atoms in total. The van der Waals surface area contributed by atoms with E-state index in [0.717, 1.165) is 0 Å². The summed E-state index contributed by atoms with van der Waals surface area (Å²) in [5.74, 6) is -0.872. The number of nitro groups is 1. The highest BCUT2D eigenvalue weighted by Gasteiger charge is 2.17. The zero-order valence-electron chi connectivity index (χ0n) is 7.93. The fraction of sp³-hybridized carbons (Fsp3) is 0.300. The van der Waals surface area contributed by atoms with Gasteiger partial charge >= 0.3 is 0 Å². The maximum atomic E-state index is 12.6. The van der Waals surface area contributed by atoms with Gasteiger partial charge in [-0.2, -0.15) is 0 Å². The minimum atomic E-state index is -0.475. The highest BCUT2D eigenvalue weighted by Crippen LogP contribution is 2.19. The monoisotopic (exact) mass is 211 g/mol. The molecule has 80 valence electrons. The molecule has 15 heavy (non-hydrogen) atoms. The van der Waals surface area contributed by atoms with Crippen molar-refractivity contribution in [2.75, 3.05) is 6.54 Å². The highest BCUT2D eigenvalue weighted by molar-refractivity contribution is 5.51. The fourth-order valence-electron chi connectivity index (χ4n) is 1.35. The molecule has 1 aromatic carbocycles. The molecule has 0 bridgehead atoms. The predicted molar refractivity (Wildman–Crippen MR) is 51.7 cm³/mol. The molecule has 0 aliphatic carbocycles. The average molecular weight is 211 g/mol. The van der Waals surface area contributed by atoms with Crippen LogP contribution in [0.2, 0.25) is 0 Å². The minimum Gasteiger partial charge on any atom is -0.303 e. The van der Waals surface area contributed by atoms with Gasteiger partial charge < -0.3 is 4.79 Å². The van der Waals surface area contributed by atoms with Crippen molar-refractivity contribution in [2.24, 2.45) is 0 Å². The van der Waals surface area contributed by atoms with E-state index >= 15 is 0 Å². The van der Waals surface area contributed by atoms with E-state index in [-0.39, 0.29) is 13.0 Å². The normalized spacial score (nSPS) is 12.1. The molecule has 1 unspecified atom stereocenters. The van der Waals surface area contributed by atoms with Crippen LogP contribution in [0.15, 0.2) is 24.3 Å². The van der Waals surface area contributed by atoms with E-state index in [0.29, 0.717) is 11.8 Å². The molecule has 0 aliphatic heterocycles. The van der Waals surface area contributed by atoms with Gasteiger partial charge in [-0.3, -0.25) is 10.1 Å². The predicted octanol–water partition coefficient (Wildman–Crippen LogP) is 1.77. The van der Waals surface area contributed by atoms with Gasteiger partial charge in [0.05, 0.1) is 5.92 Å². The second-order valence-corrected chi connectivity index (χ2v) is 3.17. The number of carbonyl (C=O) groups excluding carboxylic acids is 1. The molecule has 0 aliphatic rings. The Morgan fingerprint density at radius 3 is 2.47 bits per heavy atom. The Morgan fingerprint density at radius 2 is 2.00 bits per heavy atom. The van der Waals surface area contributed by atoms with Crippen molar-refractivity contribution in [3.8, 4) is 0 Å². The molecule has 0 heterocycles. The van der Waals surface area contributed by atoms with Crippen molar-refractivity contribution in [1.29, 1.82) is 0 Å². The smallest absolute Gasteiger partial charge is 0.211 e. The van der Waals surface area contributed by atoms with Crippen LogP contribution in [-0.2, 0) is 4.79 Å². The molecule has 0 fully saturated rings. The van der Waals surface area contributed by atoms with Gasteiger partial charge in [-0.1, -0.05) is 12.1 Å². The van der Waals surface area contributed by atoms with Gasteiger partial charge in [0.15, 0.2) is 0 Å². The molecule has 0 saturated carbocycles. The number of aldehydes is 1. The first-order chi connectivity index (χ1) is 7.13. The molecule has 0 spiro atoms. The molecule has 0 N–H and O–H groups in total. The number of hydrogen-bond donors (Lipinski definition) is 0. The summed E-state index contributed by atoms with van der Waals surface area (Å²) in [6, 6.07) is 5.39. The number of nitrogens with zero attached hydrogens (tertiary/aromatic N) is 1. The number of rotatable bonds is 5. The summed E-state index contributed by atoms with van der Waals surface area (Å²) in [6.45, 7) is -0.315. The second kappa shape index (κ2) is 5.19. The number of hydrogen-bond acceptors (Lipinski definition) is 3. The van der Waals surface area contributed by atoms with E-state index < -0.39 is 16.7 Å². The van der Waals surface area contributed by atoms with Crippen LogP contribution < -0.4 is 0 Å². The van der Waals surface area contributed by atoms with Crippen molar-refractivity contribution < 1.29 is 14.1 Å². The maximum Gasteiger partial charge on any atom is 0.211 e. The van der Waals surface area contributed by atoms with E-state index in [1.54, 1.807) is 0 Å². The van der Waals surface area contributed by atoms with Crippen LogP contribution in [0.5, 0.6) is 0 Å². The lowest BCUT2D eigenvalue weighted by Gasteiger charge is -2.09. The van der Waals surface area contributed by atoms with Crippen LogP contribution in [0.3, 0.4) is 0 Å². The summed E-state index contributed by atoms with van der Waals surface area (Å²) >= 11 is 0. The molecule has 0 radical (unpaired) electrons. The van der Waals surface area contributed by atoms with Crippen molar-refractivity contribution in [1.82, 2.24) is 0 Å². The molecule has 0 aromatic heterocycles. The Balaban J connectivity index is 2.83. The van der Waals surface area contributed by atoms with E-state index in [4.69, 9.17) is 0 Å². The van der Waals surface area contributed by atoms with E-state index in [1.165, 1.54) is 24.3 Å². The topological polar surface area (TPSA) is 60.2 Å². The Bertz CT molecular complexity index is 350. The summed E-state index contributed by atoms with van der Waals surface area (Å²) in [4.78, 5) is 20.2. The summed E-state index contributed by atoms with van der Waals surface area (Å²) in [7, 11) is 0. The maximum absolute atomic E-state index is 12.6. The summed E-state index contributed by atoms with van der Waals surface area (Å²) in [5.41, 5.74) is 0.611. The third-order valence-electron chi connectivity index (χ3n) is 2.09. The van der Waals surface area contributed by atoms with Gasteiger partial charge in [-0.15, -0.1) is 0 Å². The largest absolute Gasteiger partial charge is 0.303 e. The van der Waals surface area contributed by atoms with Gasteiger partial charge in [-0.25, -0.2) is 4.39 Å². The second-order valence-electron chi connectivity index (χ2n) is 3.17. The number of benzene rings is 1. The van der Waals surface area contributed by atoms with Crippen molar-refractivity contribution in [2.45, 2.75) is 12.3 Å². The summed E-state index contributed by atoms with van der Waals surface area (Å²) in [5, 5.41) is 10.3. The van der Waals surface area contributed by atoms with Crippen molar-refractivity contribution in [3.63, 3.8) is 0 Å². The van der Waals surface area contributed by atoms with Gasteiger partial charge in [0, 0.05) is 11.3 Å².